The van der Waals surface area contributed by atoms with E-state index in [4.69, 9.17) is 8.94 Å². The van der Waals surface area contributed by atoms with Crippen molar-refractivity contribution >= 4 is 33.5 Å². The molecule has 0 spiro atoms. The smallest absolute Gasteiger partial charge is 0.259 e. The van der Waals surface area contributed by atoms with Gasteiger partial charge in [-0.05, 0) is 37.3 Å². The van der Waals surface area contributed by atoms with Crippen molar-refractivity contribution in [3.05, 3.63) is 71.2 Å². The lowest BCUT2D eigenvalue weighted by Crippen LogP contribution is -2.13. The summed E-state index contributed by atoms with van der Waals surface area (Å²) in [5.41, 5.74) is 2.79. The Bertz CT molecular complexity index is 1370. The van der Waals surface area contributed by atoms with E-state index in [1.54, 1.807) is 42.6 Å². The third kappa shape index (κ3) is 3.25. The topological polar surface area (TPSA) is 94.0 Å². The summed E-state index contributed by atoms with van der Waals surface area (Å²) in [4.78, 5) is 21.9. The number of benzene rings is 1. The summed E-state index contributed by atoms with van der Waals surface area (Å²) in [6.07, 6.45) is 1.52. The van der Waals surface area contributed by atoms with E-state index in [1.165, 1.54) is 29.7 Å². The first-order valence-corrected chi connectivity index (χ1v) is 9.80. The summed E-state index contributed by atoms with van der Waals surface area (Å²) in [5.74, 6) is -0.233. The predicted molar refractivity (Wildman–Crippen MR) is 110 cm³/mol. The molecule has 30 heavy (non-hydrogen) atoms. The Morgan fingerprint density at radius 3 is 2.83 bits per heavy atom. The van der Waals surface area contributed by atoms with E-state index in [-0.39, 0.29) is 17.4 Å². The lowest BCUT2D eigenvalue weighted by molar-refractivity contribution is 0.102. The number of amides is 1. The molecule has 0 fully saturated rings. The maximum atomic E-state index is 13.5. The number of aryl methyl sites for hydroxylation is 1. The van der Waals surface area contributed by atoms with Crippen LogP contribution >= 0.6 is 11.3 Å². The Balaban J connectivity index is 1.50. The van der Waals surface area contributed by atoms with Crippen LogP contribution in [-0.2, 0) is 0 Å². The van der Waals surface area contributed by atoms with Gasteiger partial charge < -0.3 is 8.94 Å². The molecule has 148 valence electrons. The van der Waals surface area contributed by atoms with Crippen LogP contribution in [0.15, 0.2) is 63.0 Å². The minimum atomic E-state index is -0.387. The van der Waals surface area contributed by atoms with Crippen LogP contribution in [0.4, 0.5) is 9.52 Å². The van der Waals surface area contributed by atoms with Crippen LogP contribution < -0.4 is 5.32 Å². The molecule has 1 amide bonds. The van der Waals surface area contributed by atoms with Gasteiger partial charge in [0.15, 0.2) is 10.9 Å². The van der Waals surface area contributed by atoms with E-state index in [9.17, 15) is 9.18 Å². The van der Waals surface area contributed by atoms with Gasteiger partial charge in [0.1, 0.15) is 11.5 Å². The predicted octanol–water partition coefficient (Wildman–Crippen LogP) is 5.31. The number of furan rings is 1. The maximum Gasteiger partial charge on any atom is 0.259 e. The fourth-order valence-electron chi connectivity index (χ4n) is 3.10. The highest BCUT2D eigenvalue weighted by molar-refractivity contribution is 7.14. The van der Waals surface area contributed by atoms with Crippen molar-refractivity contribution in [2.45, 2.75) is 6.92 Å². The largest absolute Gasteiger partial charge is 0.463 e. The molecule has 0 aliphatic carbocycles. The first-order valence-electron chi connectivity index (χ1n) is 8.92. The highest BCUT2D eigenvalue weighted by Crippen LogP contribution is 2.29. The van der Waals surface area contributed by atoms with Gasteiger partial charge in [-0.15, -0.1) is 11.3 Å². The molecular formula is C21H13FN4O3S. The Hall–Kier alpha value is -3.85. The van der Waals surface area contributed by atoms with Gasteiger partial charge in [-0.1, -0.05) is 17.3 Å². The molecule has 0 bridgehead atoms. The SMILES string of the molecule is Cc1noc2nc(-c3ccco3)cc(C(=O)Nc3nc(-c4cccc(F)c4)cs3)c12. The molecule has 0 aliphatic heterocycles. The van der Waals surface area contributed by atoms with Crippen molar-refractivity contribution in [3.63, 3.8) is 0 Å². The standard InChI is InChI=1S/C21H13FN4O3S/c1-11-18-14(9-15(17-6-3-7-28-17)23-20(18)29-26-11)19(27)25-21-24-16(10-30-21)12-4-2-5-13(22)8-12/h2-10H,1H3,(H,24,25,27). The van der Waals surface area contributed by atoms with Crippen LogP contribution in [0.5, 0.6) is 0 Å². The molecule has 9 heteroatoms. The molecule has 0 radical (unpaired) electrons. The number of anilines is 1. The molecule has 1 aromatic carbocycles. The van der Waals surface area contributed by atoms with Crippen LogP contribution in [0.25, 0.3) is 33.8 Å². The highest BCUT2D eigenvalue weighted by Gasteiger charge is 2.21. The average Bonchev–Trinajstić information content (AvgIpc) is 3.49. The Kier molecular flexibility index (Phi) is 4.36. The molecule has 4 heterocycles. The zero-order valence-electron chi connectivity index (χ0n) is 15.5. The van der Waals surface area contributed by atoms with Crippen LogP contribution in [0, 0.1) is 12.7 Å². The number of thiazole rings is 1. The Labute approximate surface area is 173 Å². The third-order valence-corrected chi connectivity index (χ3v) is 5.24. The van der Waals surface area contributed by atoms with Crippen LogP contribution in [-0.4, -0.2) is 21.0 Å². The summed E-state index contributed by atoms with van der Waals surface area (Å²) in [5, 5.41) is 9.38. The summed E-state index contributed by atoms with van der Waals surface area (Å²) in [6, 6.07) is 11.2. The van der Waals surface area contributed by atoms with Crippen molar-refractivity contribution in [2.24, 2.45) is 0 Å². The number of rotatable bonds is 4. The number of hydrogen-bond acceptors (Lipinski definition) is 7. The monoisotopic (exact) mass is 420 g/mol. The summed E-state index contributed by atoms with van der Waals surface area (Å²) >= 11 is 1.25. The second-order valence-corrected chi connectivity index (χ2v) is 7.34. The maximum absolute atomic E-state index is 13.5. The second kappa shape index (κ2) is 7.20. The third-order valence-electron chi connectivity index (χ3n) is 4.48. The van der Waals surface area contributed by atoms with Crippen LogP contribution in [0.3, 0.4) is 0 Å². The lowest BCUT2D eigenvalue weighted by atomic mass is 10.1. The molecule has 4 aromatic heterocycles. The quantitative estimate of drug-likeness (QED) is 0.424. The van der Waals surface area contributed by atoms with Gasteiger partial charge >= 0.3 is 0 Å². The summed E-state index contributed by atoms with van der Waals surface area (Å²) in [7, 11) is 0. The molecule has 0 atom stereocenters. The number of aromatic nitrogens is 3. The molecule has 7 nitrogen and oxygen atoms in total. The van der Waals surface area contributed by atoms with Crippen molar-refractivity contribution < 1.29 is 18.1 Å². The van der Waals surface area contributed by atoms with Crippen molar-refractivity contribution in [2.75, 3.05) is 5.32 Å². The molecule has 0 saturated carbocycles. The number of carbonyl (C=O) groups excluding carboxylic acids is 1. The number of fused-ring (bicyclic) bond motifs is 1. The Morgan fingerprint density at radius 1 is 1.13 bits per heavy atom. The average molecular weight is 420 g/mol. The number of halogens is 1. The minimum absolute atomic E-state index is 0.242. The number of carbonyl (C=O) groups is 1. The van der Waals surface area contributed by atoms with Gasteiger partial charge in [0.05, 0.1) is 28.6 Å². The van der Waals surface area contributed by atoms with E-state index in [0.717, 1.165) is 0 Å². The second-order valence-electron chi connectivity index (χ2n) is 6.48. The van der Waals surface area contributed by atoms with Gasteiger partial charge in [-0.25, -0.2) is 14.4 Å². The highest BCUT2D eigenvalue weighted by atomic mass is 32.1. The van der Waals surface area contributed by atoms with Crippen molar-refractivity contribution in [1.29, 1.82) is 0 Å². The molecule has 0 unspecified atom stereocenters. The van der Waals surface area contributed by atoms with E-state index in [0.29, 0.717) is 44.5 Å². The summed E-state index contributed by atoms with van der Waals surface area (Å²) < 4.78 is 24.1. The first kappa shape index (κ1) is 18.2. The zero-order valence-corrected chi connectivity index (χ0v) is 16.4. The minimum Gasteiger partial charge on any atom is -0.463 e. The van der Waals surface area contributed by atoms with Gasteiger partial charge in [-0.2, -0.15) is 0 Å². The Morgan fingerprint density at radius 2 is 2.03 bits per heavy atom. The number of hydrogen-bond donors (Lipinski definition) is 1. The van der Waals surface area contributed by atoms with E-state index < -0.39 is 0 Å². The van der Waals surface area contributed by atoms with E-state index in [1.807, 2.05) is 0 Å². The lowest BCUT2D eigenvalue weighted by Gasteiger charge is -2.05. The summed E-state index contributed by atoms with van der Waals surface area (Å²) in [6.45, 7) is 1.74. The molecule has 5 aromatic rings. The van der Waals surface area contributed by atoms with Crippen molar-refractivity contribution in [3.8, 4) is 22.7 Å². The van der Waals surface area contributed by atoms with Gasteiger partial charge in [0.2, 0.25) is 0 Å². The fraction of sp³-hybridized carbons (Fsp3) is 0.0476. The fourth-order valence-corrected chi connectivity index (χ4v) is 3.82. The normalized spacial score (nSPS) is 11.1. The van der Waals surface area contributed by atoms with Gasteiger partial charge in [0.25, 0.3) is 11.6 Å². The van der Waals surface area contributed by atoms with Gasteiger partial charge in [-0.3, -0.25) is 10.1 Å². The number of pyridine rings is 1. The van der Waals surface area contributed by atoms with E-state index in [2.05, 4.69) is 20.4 Å². The van der Waals surface area contributed by atoms with Crippen molar-refractivity contribution in [1.82, 2.24) is 15.1 Å². The first-order chi connectivity index (χ1) is 14.6. The number of nitrogens with zero attached hydrogens (tertiary/aromatic N) is 3. The van der Waals surface area contributed by atoms with Crippen LogP contribution in [0.2, 0.25) is 0 Å². The molecule has 0 saturated heterocycles. The zero-order chi connectivity index (χ0) is 20.7. The van der Waals surface area contributed by atoms with E-state index >= 15 is 0 Å². The number of nitrogens with one attached hydrogen (secondary N) is 1. The molecular weight excluding hydrogens is 407 g/mol. The van der Waals surface area contributed by atoms with Crippen LogP contribution in [0.1, 0.15) is 16.1 Å². The van der Waals surface area contributed by atoms with Gasteiger partial charge in [0, 0.05) is 10.9 Å². The molecule has 5 rings (SSSR count). The molecule has 0 aliphatic rings. The molecule has 1 N–H and O–H groups in total.